The normalized spacial score (nSPS) is 26.5. The third-order valence-corrected chi connectivity index (χ3v) is 6.94. The first-order chi connectivity index (χ1) is 12.3. The van der Waals surface area contributed by atoms with Gasteiger partial charge >= 0.3 is 0 Å². The van der Waals surface area contributed by atoms with Crippen molar-refractivity contribution in [1.29, 1.82) is 0 Å². The van der Waals surface area contributed by atoms with E-state index in [-0.39, 0.29) is 0 Å². The lowest BCUT2D eigenvalue weighted by molar-refractivity contribution is -0.130. The van der Waals surface area contributed by atoms with Crippen molar-refractivity contribution in [2.75, 3.05) is 32.7 Å². The molecule has 3 aliphatic rings. The Bertz CT molecular complexity index is 581. The van der Waals surface area contributed by atoms with E-state index in [4.69, 9.17) is 0 Å². The molecule has 1 atom stereocenters. The van der Waals surface area contributed by atoms with Crippen molar-refractivity contribution in [2.24, 2.45) is 0 Å². The molecule has 138 valence electrons. The molecule has 0 bridgehead atoms. The summed E-state index contributed by atoms with van der Waals surface area (Å²) in [4.78, 5) is 20.8. The van der Waals surface area contributed by atoms with Gasteiger partial charge in [-0.25, -0.2) is 0 Å². The Morgan fingerprint density at radius 1 is 0.960 bits per heavy atom. The van der Waals surface area contributed by atoms with Crippen molar-refractivity contribution in [3.63, 3.8) is 0 Å². The molecular weight excluding hydrogens is 330 g/mol. The van der Waals surface area contributed by atoms with Gasteiger partial charge in [0, 0.05) is 43.5 Å². The molecule has 3 saturated heterocycles. The molecule has 0 aliphatic carbocycles. The third-order valence-electron chi connectivity index (χ3n) is 5.97. The van der Waals surface area contributed by atoms with Gasteiger partial charge in [-0.1, -0.05) is 6.42 Å². The standard InChI is InChI=1S/C20H31N3OS/c24-20-7-5-11-23(20)18-6-4-10-22(14-18)15-19-12-17(16-25-19)13-21-8-2-1-3-9-21/h12,16,18H,1-11,13-15H2. The topological polar surface area (TPSA) is 26.8 Å². The number of thiophene rings is 1. The zero-order valence-electron chi connectivity index (χ0n) is 15.3. The van der Waals surface area contributed by atoms with Crippen LogP contribution in [0.15, 0.2) is 11.4 Å². The van der Waals surface area contributed by atoms with Crippen molar-refractivity contribution in [3.8, 4) is 0 Å². The molecule has 1 amide bonds. The van der Waals surface area contributed by atoms with E-state index in [0.29, 0.717) is 11.9 Å². The molecule has 1 unspecified atom stereocenters. The number of likely N-dealkylation sites (tertiary alicyclic amines) is 3. The molecule has 0 N–H and O–H groups in total. The van der Waals surface area contributed by atoms with E-state index in [1.807, 2.05) is 11.3 Å². The summed E-state index contributed by atoms with van der Waals surface area (Å²) >= 11 is 1.92. The number of carbonyl (C=O) groups excluding carboxylic acids is 1. The molecule has 0 aromatic carbocycles. The minimum absolute atomic E-state index is 0.381. The number of rotatable bonds is 5. The monoisotopic (exact) mass is 361 g/mol. The summed E-state index contributed by atoms with van der Waals surface area (Å²) in [6.07, 6.45) is 8.36. The van der Waals surface area contributed by atoms with Gasteiger partial charge in [-0.2, -0.15) is 0 Å². The van der Waals surface area contributed by atoms with Crippen LogP contribution in [0.25, 0.3) is 0 Å². The Hall–Kier alpha value is -0.910. The van der Waals surface area contributed by atoms with Crippen LogP contribution in [-0.4, -0.2) is 59.4 Å². The van der Waals surface area contributed by atoms with Gasteiger partial charge in [0.05, 0.1) is 0 Å². The highest BCUT2D eigenvalue weighted by Crippen LogP contribution is 2.25. The SMILES string of the molecule is O=C1CCCN1C1CCCN(Cc2cc(CN3CCCCC3)cs2)C1. The van der Waals surface area contributed by atoms with Gasteiger partial charge in [0.15, 0.2) is 0 Å². The van der Waals surface area contributed by atoms with Crippen LogP contribution in [0.3, 0.4) is 0 Å². The Labute approximate surface area is 155 Å². The Morgan fingerprint density at radius 3 is 2.60 bits per heavy atom. The van der Waals surface area contributed by atoms with Crippen LogP contribution in [-0.2, 0) is 17.9 Å². The van der Waals surface area contributed by atoms with Crippen molar-refractivity contribution < 1.29 is 4.79 Å². The van der Waals surface area contributed by atoms with Gasteiger partial charge in [-0.3, -0.25) is 14.6 Å². The highest BCUT2D eigenvalue weighted by Gasteiger charge is 2.31. The molecule has 4 nitrogen and oxygen atoms in total. The maximum Gasteiger partial charge on any atom is 0.222 e. The quantitative estimate of drug-likeness (QED) is 0.805. The van der Waals surface area contributed by atoms with Crippen LogP contribution in [0.1, 0.15) is 55.4 Å². The molecule has 0 radical (unpaired) electrons. The van der Waals surface area contributed by atoms with Gasteiger partial charge in [-0.15, -0.1) is 11.3 Å². The van der Waals surface area contributed by atoms with Gasteiger partial charge in [0.25, 0.3) is 0 Å². The lowest BCUT2D eigenvalue weighted by Crippen LogP contribution is -2.47. The average molecular weight is 362 g/mol. The first-order valence-electron chi connectivity index (χ1n) is 10.1. The summed E-state index contributed by atoms with van der Waals surface area (Å²) in [5, 5.41) is 2.36. The highest BCUT2D eigenvalue weighted by molar-refractivity contribution is 7.10. The fraction of sp³-hybridized carbons (Fsp3) is 0.750. The molecule has 0 saturated carbocycles. The van der Waals surface area contributed by atoms with Crippen LogP contribution in [0.2, 0.25) is 0 Å². The minimum Gasteiger partial charge on any atom is -0.338 e. The number of piperidine rings is 2. The van der Waals surface area contributed by atoms with E-state index < -0.39 is 0 Å². The number of carbonyl (C=O) groups is 1. The average Bonchev–Trinajstić information content (AvgIpc) is 3.25. The van der Waals surface area contributed by atoms with Crippen molar-refractivity contribution >= 4 is 17.2 Å². The predicted molar refractivity (Wildman–Crippen MR) is 103 cm³/mol. The second-order valence-corrected chi connectivity index (χ2v) is 8.98. The number of amides is 1. The van der Waals surface area contributed by atoms with E-state index in [2.05, 4.69) is 26.1 Å². The van der Waals surface area contributed by atoms with Gasteiger partial charge in [0.1, 0.15) is 0 Å². The lowest BCUT2D eigenvalue weighted by Gasteiger charge is -2.37. The van der Waals surface area contributed by atoms with E-state index >= 15 is 0 Å². The molecule has 4 heterocycles. The first kappa shape index (κ1) is 17.5. The highest BCUT2D eigenvalue weighted by atomic mass is 32.1. The van der Waals surface area contributed by atoms with E-state index in [1.54, 1.807) is 0 Å². The second kappa shape index (κ2) is 8.19. The van der Waals surface area contributed by atoms with Gasteiger partial charge in [-0.05, 0) is 68.7 Å². The molecule has 25 heavy (non-hydrogen) atoms. The second-order valence-electron chi connectivity index (χ2n) is 7.98. The zero-order chi connectivity index (χ0) is 17.1. The molecule has 5 heteroatoms. The molecule has 0 spiro atoms. The molecular formula is C20H31N3OS. The van der Waals surface area contributed by atoms with Crippen LogP contribution >= 0.6 is 11.3 Å². The lowest BCUT2D eigenvalue weighted by atomic mass is 10.0. The Morgan fingerprint density at radius 2 is 1.80 bits per heavy atom. The molecule has 4 rings (SSSR count). The summed E-state index contributed by atoms with van der Waals surface area (Å²) in [5.74, 6) is 0.381. The zero-order valence-corrected chi connectivity index (χ0v) is 16.1. The summed E-state index contributed by atoms with van der Waals surface area (Å²) in [5.41, 5.74) is 1.49. The predicted octanol–water partition coefficient (Wildman–Crippen LogP) is 3.32. The van der Waals surface area contributed by atoms with E-state index in [1.165, 1.54) is 62.2 Å². The van der Waals surface area contributed by atoms with E-state index in [0.717, 1.165) is 39.0 Å². The number of nitrogens with zero attached hydrogens (tertiary/aromatic N) is 3. The Balaban J connectivity index is 1.30. The van der Waals surface area contributed by atoms with E-state index in [9.17, 15) is 4.79 Å². The fourth-order valence-electron chi connectivity index (χ4n) is 4.67. The first-order valence-corrected chi connectivity index (χ1v) is 11.0. The van der Waals surface area contributed by atoms with Crippen molar-refractivity contribution in [2.45, 2.75) is 64.1 Å². The molecule has 3 aliphatic heterocycles. The van der Waals surface area contributed by atoms with Gasteiger partial charge in [0.2, 0.25) is 5.91 Å². The van der Waals surface area contributed by atoms with Gasteiger partial charge < -0.3 is 4.90 Å². The van der Waals surface area contributed by atoms with Crippen LogP contribution in [0.5, 0.6) is 0 Å². The largest absolute Gasteiger partial charge is 0.338 e. The van der Waals surface area contributed by atoms with Crippen molar-refractivity contribution in [3.05, 3.63) is 21.9 Å². The number of hydrogen-bond acceptors (Lipinski definition) is 4. The van der Waals surface area contributed by atoms with Crippen LogP contribution < -0.4 is 0 Å². The summed E-state index contributed by atoms with van der Waals surface area (Å²) in [7, 11) is 0. The smallest absolute Gasteiger partial charge is 0.222 e. The Kier molecular flexibility index (Phi) is 5.73. The molecule has 1 aromatic heterocycles. The third kappa shape index (κ3) is 4.44. The van der Waals surface area contributed by atoms with Crippen molar-refractivity contribution in [1.82, 2.24) is 14.7 Å². The molecule has 3 fully saturated rings. The fourth-order valence-corrected chi connectivity index (χ4v) is 5.59. The van der Waals surface area contributed by atoms with Crippen LogP contribution in [0, 0.1) is 0 Å². The summed E-state index contributed by atoms with van der Waals surface area (Å²) in [6, 6.07) is 2.88. The maximum atomic E-state index is 12.0. The number of hydrogen-bond donors (Lipinski definition) is 0. The summed E-state index contributed by atoms with van der Waals surface area (Å²) < 4.78 is 0. The van der Waals surface area contributed by atoms with Crippen LogP contribution in [0.4, 0.5) is 0 Å². The molecule has 1 aromatic rings. The summed E-state index contributed by atoms with van der Waals surface area (Å²) in [6.45, 7) is 7.94. The maximum absolute atomic E-state index is 12.0. The minimum atomic E-state index is 0.381.